The van der Waals surface area contributed by atoms with Crippen molar-refractivity contribution in [2.75, 3.05) is 6.54 Å². The second-order valence-corrected chi connectivity index (χ2v) is 8.14. The van der Waals surface area contributed by atoms with E-state index in [0.717, 1.165) is 57.2 Å². The SMILES string of the molecule is O=C(NC1CCCC1)c1nc(C(=O)NCCCc2ccccc2)n2c1CCCC2. The number of aromatic nitrogens is 2. The zero-order chi connectivity index (χ0) is 20.1. The van der Waals surface area contributed by atoms with Gasteiger partial charge in [0.2, 0.25) is 0 Å². The van der Waals surface area contributed by atoms with Gasteiger partial charge in [0.15, 0.2) is 5.82 Å². The van der Waals surface area contributed by atoms with Crippen molar-refractivity contribution in [3.63, 3.8) is 0 Å². The van der Waals surface area contributed by atoms with Crippen LogP contribution in [-0.4, -0.2) is 34.0 Å². The van der Waals surface area contributed by atoms with Crippen molar-refractivity contribution in [2.45, 2.75) is 70.4 Å². The molecule has 0 atom stereocenters. The van der Waals surface area contributed by atoms with Gasteiger partial charge in [-0.2, -0.15) is 0 Å². The Hall–Kier alpha value is -2.63. The first-order chi connectivity index (χ1) is 14.2. The van der Waals surface area contributed by atoms with Gasteiger partial charge in [0.25, 0.3) is 11.8 Å². The molecule has 2 N–H and O–H groups in total. The molecule has 1 aromatic carbocycles. The standard InChI is InChI=1S/C23H30N4O2/c28-22(25-18-12-4-5-13-18)20-19-14-6-7-16-27(19)21(26-20)23(29)24-15-8-11-17-9-2-1-3-10-17/h1-3,9-10,18H,4-8,11-16H2,(H,24,29)(H,25,28). The Morgan fingerprint density at radius 1 is 1.03 bits per heavy atom. The van der Waals surface area contributed by atoms with Crippen LogP contribution >= 0.6 is 0 Å². The molecule has 0 radical (unpaired) electrons. The number of benzene rings is 1. The molecule has 1 aromatic heterocycles. The van der Waals surface area contributed by atoms with E-state index in [1.54, 1.807) is 0 Å². The molecule has 6 nitrogen and oxygen atoms in total. The van der Waals surface area contributed by atoms with Crippen molar-refractivity contribution < 1.29 is 9.59 Å². The van der Waals surface area contributed by atoms with Crippen molar-refractivity contribution in [3.05, 3.63) is 53.1 Å². The molecule has 0 spiro atoms. The summed E-state index contributed by atoms with van der Waals surface area (Å²) in [5.41, 5.74) is 2.64. The highest BCUT2D eigenvalue weighted by Crippen LogP contribution is 2.23. The van der Waals surface area contributed by atoms with Crippen molar-refractivity contribution in [1.29, 1.82) is 0 Å². The van der Waals surface area contributed by atoms with Crippen LogP contribution < -0.4 is 10.6 Å². The Balaban J connectivity index is 1.40. The highest BCUT2D eigenvalue weighted by Gasteiger charge is 2.28. The molecule has 1 saturated carbocycles. The molecule has 1 aliphatic heterocycles. The molecule has 4 rings (SSSR count). The number of fused-ring (bicyclic) bond motifs is 1. The number of carbonyl (C=O) groups excluding carboxylic acids is 2. The van der Waals surface area contributed by atoms with Crippen LogP contribution in [0.4, 0.5) is 0 Å². The summed E-state index contributed by atoms with van der Waals surface area (Å²) in [4.78, 5) is 30.1. The summed E-state index contributed by atoms with van der Waals surface area (Å²) in [5, 5.41) is 6.11. The number of amides is 2. The van der Waals surface area contributed by atoms with E-state index < -0.39 is 0 Å². The van der Waals surface area contributed by atoms with E-state index in [-0.39, 0.29) is 17.9 Å². The lowest BCUT2D eigenvalue weighted by Gasteiger charge is -2.17. The summed E-state index contributed by atoms with van der Waals surface area (Å²) in [6, 6.07) is 10.5. The maximum absolute atomic E-state index is 12.8. The van der Waals surface area contributed by atoms with Gasteiger partial charge in [-0.05, 0) is 50.5 Å². The quantitative estimate of drug-likeness (QED) is 0.708. The van der Waals surface area contributed by atoms with Crippen molar-refractivity contribution in [1.82, 2.24) is 20.2 Å². The van der Waals surface area contributed by atoms with E-state index in [4.69, 9.17) is 0 Å². The Bertz CT molecular complexity index is 853. The van der Waals surface area contributed by atoms with E-state index in [9.17, 15) is 9.59 Å². The van der Waals surface area contributed by atoms with Gasteiger partial charge in [0, 0.05) is 19.1 Å². The molecule has 6 heteroatoms. The predicted octanol–water partition coefficient (Wildman–Crippen LogP) is 3.25. The Morgan fingerprint density at radius 2 is 1.83 bits per heavy atom. The van der Waals surface area contributed by atoms with Crippen LogP contribution in [0.2, 0.25) is 0 Å². The number of nitrogens with one attached hydrogen (secondary N) is 2. The molecule has 1 aliphatic carbocycles. The van der Waals surface area contributed by atoms with Crippen LogP contribution in [0.25, 0.3) is 0 Å². The van der Waals surface area contributed by atoms with Gasteiger partial charge in [0.1, 0.15) is 5.69 Å². The molecule has 0 unspecified atom stereocenters. The molecule has 1 fully saturated rings. The molecular weight excluding hydrogens is 364 g/mol. The molecule has 2 aromatic rings. The van der Waals surface area contributed by atoms with Crippen LogP contribution in [-0.2, 0) is 19.4 Å². The van der Waals surface area contributed by atoms with Crippen LogP contribution in [0, 0.1) is 0 Å². The number of aryl methyl sites for hydroxylation is 1. The summed E-state index contributed by atoms with van der Waals surface area (Å²) in [6.07, 6.45) is 9.07. The molecule has 154 valence electrons. The highest BCUT2D eigenvalue weighted by molar-refractivity contribution is 5.97. The fourth-order valence-corrected chi connectivity index (χ4v) is 4.44. The van der Waals surface area contributed by atoms with Crippen LogP contribution in [0.15, 0.2) is 30.3 Å². The van der Waals surface area contributed by atoms with E-state index >= 15 is 0 Å². The maximum atomic E-state index is 12.8. The minimum Gasteiger partial charge on any atom is -0.349 e. The topological polar surface area (TPSA) is 76.0 Å². The van der Waals surface area contributed by atoms with Gasteiger partial charge in [-0.25, -0.2) is 4.98 Å². The van der Waals surface area contributed by atoms with Crippen molar-refractivity contribution in [3.8, 4) is 0 Å². The van der Waals surface area contributed by atoms with E-state index in [2.05, 4.69) is 27.8 Å². The summed E-state index contributed by atoms with van der Waals surface area (Å²) in [7, 11) is 0. The van der Waals surface area contributed by atoms with Crippen LogP contribution in [0.5, 0.6) is 0 Å². The fraction of sp³-hybridized carbons (Fsp3) is 0.522. The Morgan fingerprint density at radius 3 is 2.62 bits per heavy atom. The molecule has 2 amide bonds. The largest absolute Gasteiger partial charge is 0.349 e. The minimum absolute atomic E-state index is 0.120. The first kappa shape index (κ1) is 19.7. The summed E-state index contributed by atoms with van der Waals surface area (Å²) in [5.74, 6) is 0.0859. The lowest BCUT2D eigenvalue weighted by atomic mass is 10.1. The van der Waals surface area contributed by atoms with Gasteiger partial charge >= 0.3 is 0 Å². The Labute approximate surface area is 172 Å². The number of hydrogen-bond acceptors (Lipinski definition) is 3. The summed E-state index contributed by atoms with van der Waals surface area (Å²) < 4.78 is 1.96. The van der Waals surface area contributed by atoms with Crippen LogP contribution in [0.3, 0.4) is 0 Å². The highest BCUT2D eigenvalue weighted by atomic mass is 16.2. The normalized spacial score (nSPS) is 16.4. The number of hydrogen-bond donors (Lipinski definition) is 2. The second kappa shape index (κ2) is 9.25. The third kappa shape index (κ3) is 4.69. The van der Waals surface area contributed by atoms with E-state index in [1.165, 1.54) is 18.4 Å². The number of nitrogens with zero attached hydrogens (tertiary/aromatic N) is 2. The first-order valence-corrected chi connectivity index (χ1v) is 10.9. The smallest absolute Gasteiger partial charge is 0.287 e. The fourth-order valence-electron chi connectivity index (χ4n) is 4.44. The van der Waals surface area contributed by atoms with E-state index in [0.29, 0.717) is 18.1 Å². The van der Waals surface area contributed by atoms with Crippen LogP contribution in [0.1, 0.15) is 77.3 Å². The first-order valence-electron chi connectivity index (χ1n) is 10.9. The number of carbonyl (C=O) groups is 2. The van der Waals surface area contributed by atoms with Gasteiger partial charge < -0.3 is 15.2 Å². The zero-order valence-corrected chi connectivity index (χ0v) is 17.0. The van der Waals surface area contributed by atoms with Crippen molar-refractivity contribution >= 4 is 11.8 Å². The zero-order valence-electron chi connectivity index (χ0n) is 17.0. The van der Waals surface area contributed by atoms with Gasteiger partial charge in [-0.3, -0.25) is 9.59 Å². The summed E-state index contributed by atoms with van der Waals surface area (Å²) in [6.45, 7) is 1.35. The predicted molar refractivity (Wildman–Crippen MR) is 112 cm³/mol. The number of imidazole rings is 1. The average molecular weight is 395 g/mol. The molecule has 0 bridgehead atoms. The van der Waals surface area contributed by atoms with Gasteiger partial charge in [-0.1, -0.05) is 43.2 Å². The number of rotatable bonds is 7. The van der Waals surface area contributed by atoms with Gasteiger partial charge in [-0.15, -0.1) is 0 Å². The second-order valence-electron chi connectivity index (χ2n) is 8.14. The molecular formula is C23H30N4O2. The third-order valence-corrected chi connectivity index (χ3v) is 6.00. The van der Waals surface area contributed by atoms with Crippen molar-refractivity contribution in [2.24, 2.45) is 0 Å². The summed E-state index contributed by atoms with van der Waals surface area (Å²) >= 11 is 0. The monoisotopic (exact) mass is 394 g/mol. The maximum Gasteiger partial charge on any atom is 0.287 e. The lowest BCUT2D eigenvalue weighted by molar-refractivity contribution is 0.0931. The van der Waals surface area contributed by atoms with Gasteiger partial charge in [0.05, 0.1) is 5.69 Å². The average Bonchev–Trinajstić information content (AvgIpc) is 3.39. The Kier molecular flexibility index (Phi) is 6.27. The molecule has 0 saturated heterocycles. The third-order valence-electron chi connectivity index (χ3n) is 6.00. The molecule has 29 heavy (non-hydrogen) atoms. The molecule has 2 aliphatic rings. The molecule has 2 heterocycles. The lowest BCUT2D eigenvalue weighted by Crippen LogP contribution is -2.33. The minimum atomic E-state index is -0.180. The van der Waals surface area contributed by atoms with E-state index in [1.807, 2.05) is 22.8 Å².